The van der Waals surface area contributed by atoms with Crippen molar-refractivity contribution in [2.75, 3.05) is 24.3 Å². The van der Waals surface area contributed by atoms with E-state index in [9.17, 15) is 9.59 Å². The van der Waals surface area contributed by atoms with Crippen LogP contribution in [0.3, 0.4) is 0 Å². The van der Waals surface area contributed by atoms with Gasteiger partial charge in [-0.1, -0.05) is 84.5 Å². The normalized spacial score (nSPS) is 16.0. The van der Waals surface area contributed by atoms with Crippen molar-refractivity contribution >= 4 is 31.6 Å². The van der Waals surface area contributed by atoms with Gasteiger partial charge in [-0.2, -0.15) is 0 Å². The van der Waals surface area contributed by atoms with Crippen molar-refractivity contribution in [2.24, 2.45) is 0 Å². The first-order valence-electron chi connectivity index (χ1n) is 21.8. The molecule has 0 radical (unpaired) electrons. The minimum absolute atomic E-state index is 0.266. The molecule has 1 aliphatic heterocycles. The molecule has 0 aromatic rings. The molecule has 1 rings (SSSR count). The quantitative estimate of drug-likeness (QED) is 0.0478. The third-order valence-electron chi connectivity index (χ3n) is 10.1. The van der Waals surface area contributed by atoms with Crippen LogP contribution in [-0.2, 0) is 23.2 Å². The van der Waals surface area contributed by atoms with Gasteiger partial charge in [-0.05, 0) is 0 Å². The van der Waals surface area contributed by atoms with E-state index >= 15 is 0 Å². The monoisotopic (exact) mass is 731 g/mol. The molecule has 0 aromatic heterocycles. The van der Waals surface area contributed by atoms with Crippen molar-refractivity contribution < 1.29 is 23.2 Å². The number of hydrogen-bond acceptors (Lipinski definition) is 6. The Morgan fingerprint density at radius 2 is 0.735 bits per heavy atom. The van der Waals surface area contributed by atoms with Gasteiger partial charge in [-0.3, -0.25) is 0 Å². The van der Waals surface area contributed by atoms with E-state index in [-0.39, 0.29) is 11.9 Å². The van der Waals surface area contributed by atoms with E-state index in [1.807, 2.05) is 0 Å². The predicted octanol–water partition coefficient (Wildman–Crippen LogP) is 14.6. The first-order valence-corrected chi connectivity index (χ1v) is 24.9. The molecule has 0 aromatic carbocycles. The fourth-order valence-electron chi connectivity index (χ4n) is 6.88. The maximum absolute atomic E-state index is 12.7. The van der Waals surface area contributed by atoms with E-state index < -0.39 is 7.94 Å². The van der Waals surface area contributed by atoms with Gasteiger partial charge in [-0.25, -0.2) is 0 Å². The molecule has 0 N–H and O–H groups in total. The standard InChI is InChI=1S/C42H83O5PS/c1-3-5-7-9-11-13-15-17-19-21-23-25-27-29-31-33-37-45-48(46-41(43)35-39-49-40-36-42(44)47-48)38-34-32-30-28-26-24-22-20-18-16-14-12-10-8-6-4-2/h48H,3-40H2,1-2H3. The summed E-state index contributed by atoms with van der Waals surface area (Å²) < 4.78 is 18.3. The third kappa shape index (κ3) is 31.0. The van der Waals surface area contributed by atoms with E-state index in [2.05, 4.69) is 13.8 Å². The molecule has 292 valence electrons. The van der Waals surface area contributed by atoms with Crippen molar-refractivity contribution in [3.63, 3.8) is 0 Å². The summed E-state index contributed by atoms with van der Waals surface area (Å²) in [5.41, 5.74) is 0. The summed E-state index contributed by atoms with van der Waals surface area (Å²) in [5, 5.41) is 0. The summed E-state index contributed by atoms with van der Waals surface area (Å²) in [6.45, 7) is 5.08. The summed E-state index contributed by atoms with van der Waals surface area (Å²) in [5.74, 6) is 0.846. The Labute approximate surface area is 310 Å². The summed E-state index contributed by atoms with van der Waals surface area (Å²) >= 11 is 1.61. The molecule has 0 spiro atoms. The van der Waals surface area contributed by atoms with E-state index in [0.717, 1.165) is 25.7 Å². The topological polar surface area (TPSA) is 61.8 Å². The summed E-state index contributed by atoms with van der Waals surface area (Å²) in [6.07, 6.45) is 43.5. The average Bonchev–Trinajstić information content (AvgIpc) is 3.09. The van der Waals surface area contributed by atoms with E-state index in [0.29, 0.717) is 37.1 Å². The number of thioether (sulfide) groups is 1. The Balaban J connectivity index is 2.21. The second kappa shape index (κ2) is 36.1. The molecule has 7 heteroatoms. The van der Waals surface area contributed by atoms with Crippen LogP contribution in [0.1, 0.15) is 232 Å². The van der Waals surface area contributed by atoms with Crippen LogP contribution in [0.15, 0.2) is 0 Å². The fourth-order valence-corrected chi connectivity index (χ4v) is 10.3. The Bertz CT molecular complexity index is 716. The van der Waals surface area contributed by atoms with Gasteiger partial charge in [0.1, 0.15) is 0 Å². The van der Waals surface area contributed by atoms with Crippen LogP contribution in [0.5, 0.6) is 0 Å². The zero-order valence-corrected chi connectivity index (χ0v) is 34.6. The fraction of sp³-hybridized carbons (Fsp3) is 0.952. The van der Waals surface area contributed by atoms with Gasteiger partial charge in [0.2, 0.25) is 0 Å². The van der Waals surface area contributed by atoms with E-state index in [4.69, 9.17) is 13.6 Å². The van der Waals surface area contributed by atoms with Gasteiger partial charge in [0.05, 0.1) is 0 Å². The van der Waals surface area contributed by atoms with Crippen LogP contribution in [-0.4, -0.2) is 36.2 Å². The molecule has 1 aliphatic rings. The number of carbonyl (C=O) groups excluding carboxylic acids is 2. The number of rotatable bonds is 35. The molecule has 1 heterocycles. The number of hydrogen-bond donors (Lipinski definition) is 0. The van der Waals surface area contributed by atoms with Crippen LogP contribution < -0.4 is 0 Å². The van der Waals surface area contributed by atoms with E-state index in [1.165, 1.54) is 180 Å². The van der Waals surface area contributed by atoms with Crippen molar-refractivity contribution in [1.82, 2.24) is 0 Å². The van der Waals surface area contributed by atoms with Gasteiger partial charge in [-0.15, -0.1) is 0 Å². The molecule has 0 bridgehead atoms. The predicted molar refractivity (Wildman–Crippen MR) is 217 cm³/mol. The average molecular weight is 731 g/mol. The number of unbranched alkanes of at least 4 members (excludes halogenated alkanes) is 30. The molecule has 5 nitrogen and oxygen atoms in total. The van der Waals surface area contributed by atoms with Gasteiger partial charge in [0.25, 0.3) is 0 Å². The Morgan fingerprint density at radius 1 is 0.449 bits per heavy atom. The SMILES string of the molecule is CCCCCCCCCCCCCCCCCCO[PH]1(CCCCCCCCCCCCCCCCCC)OC(=O)CCSCCC(=O)O1. The molecule has 0 aliphatic carbocycles. The van der Waals surface area contributed by atoms with Gasteiger partial charge in [0, 0.05) is 0 Å². The molecule has 0 atom stereocenters. The van der Waals surface area contributed by atoms with Gasteiger partial charge in [0.15, 0.2) is 0 Å². The second-order valence-electron chi connectivity index (χ2n) is 14.9. The van der Waals surface area contributed by atoms with Crippen molar-refractivity contribution in [3.8, 4) is 0 Å². The van der Waals surface area contributed by atoms with E-state index in [1.54, 1.807) is 11.8 Å². The zero-order chi connectivity index (χ0) is 35.4. The van der Waals surface area contributed by atoms with Crippen molar-refractivity contribution in [3.05, 3.63) is 0 Å². The summed E-state index contributed by atoms with van der Waals surface area (Å²) in [4.78, 5) is 25.4. The molecule has 1 saturated heterocycles. The van der Waals surface area contributed by atoms with Gasteiger partial charge >= 0.3 is 227 Å². The molecule has 1 fully saturated rings. The summed E-state index contributed by atoms with van der Waals surface area (Å²) in [6, 6.07) is 0. The second-order valence-corrected chi connectivity index (χ2v) is 18.7. The third-order valence-corrected chi connectivity index (χ3v) is 13.8. The van der Waals surface area contributed by atoms with Crippen LogP contribution >= 0.6 is 19.7 Å². The van der Waals surface area contributed by atoms with Crippen molar-refractivity contribution in [1.29, 1.82) is 0 Å². The van der Waals surface area contributed by atoms with Crippen LogP contribution in [0.2, 0.25) is 0 Å². The molecule has 49 heavy (non-hydrogen) atoms. The van der Waals surface area contributed by atoms with Crippen LogP contribution in [0.4, 0.5) is 0 Å². The Morgan fingerprint density at radius 3 is 1.06 bits per heavy atom. The molecule has 0 unspecified atom stereocenters. The molecule has 0 saturated carbocycles. The van der Waals surface area contributed by atoms with Crippen LogP contribution in [0, 0.1) is 0 Å². The first kappa shape index (κ1) is 46.7. The number of carbonyl (C=O) groups is 2. The minimum atomic E-state index is -3.37. The van der Waals surface area contributed by atoms with Gasteiger partial charge < -0.3 is 0 Å². The molecular formula is C42H83O5PS. The molecular weight excluding hydrogens is 647 g/mol. The maximum atomic E-state index is 12.7. The zero-order valence-electron chi connectivity index (χ0n) is 32.8. The van der Waals surface area contributed by atoms with Crippen molar-refractivity contribution in [2.45, 2.75) is 232 Å². The first-order chi connectivity index (χ1) is 24.1. The Kier molecular flexibility index (Phi) is 34.4. The summed E-state index contributed by atoms with van der Waals surface area (Å²) in [7, 11) is -3.37. The molecule has 0 amide bonds. The van der Waals surface area contributed by atoms with Crippen LogP contribution in [0.25, 0.3) is 0 Å². The Hall–Kier alpha value is -0.320.